The molecule has 0 bridgehead atoms. The lowest BCUT2D eigenvalue weighted by atomic mass is 10.2. The smallest absolute Gasteiger partial charge is 0.351 e. The van der Waals surface area contributed by atoms with Crippen molar-refractivity contribution >= 4 is 21.0 Å². The van der Waals surface area contributed by atoms with Gasteiger partial charge in [0.25, 0.3) is 5.03 Å². The monoisotopic (exact) mass is 409 g/mol. The molecular weight excluding hydrogens is 393 g/mol. The average molecular weight is 409 g/mol. The Bertz CT molecular complexity index is 1020. The summed E-state index contributed by atoms with van der Waals surface area (Å²) in [4.78, 5) is 3.79. The maximum atomic E-state index is 13.5. The van der Waals surface area contributed by atoms with Gasteiger partial charge in [-0.2, -0.15) is 4.98 Å². The molecule has 3 rings (SSSR count). The molecule has 1 unspecified atom stereocenters. The Morgan fingerprint density at radius 2 is 1.93 bits per heavy atom. The number of oxazole rings is 1. The van der Waals surface area contributed by atoms with Crippen molar-refractivity contribution in [2.24, 2.45) is 0 Å². The van der Waals surface area contributed by atoms with Crippen molar-refractivity contribution in [3.8, 4) is 11.5 Å². The number of benzene rings is 2. The molecule has 0 aliphatic rings. The van der Waals surface area contributed by atoms with Crippen LogP contribution in [0.15, 0.2) is 74.0 Å². The molecular formula is C18H16FNO5S2. The second kappa shape index (κ2) is 8.22. The quantitative estimate of drug-likeness (QED) is 0.557. The van der Waals surface area contributed by atoms with E-state index in [0.717, 1.165) is 12.1 Å². The minimum absolute atomic E-state index is 0.0198. The molecule has 1 aromatic heterocycles. The van der Waals surface area contributed by atoms with Crippen LogP contribution in [0.2, 0.25) is 0 Å². The minimum Gasteiger partial charge on any atom is -0.609 e. The summed E-state index contributed by atoms with van der Waals surface area (Å²) >= 11 is -1.80. The number of nitrogens with zero attached hydrogens (tertiary/aromatic N) is 1. The fraction of sp³-hybridized carbons (Fsp3) is 0.167. The Morgan fingerprint density at radius 3 is 2.59 bits per heavy atom. The van der Waals surface area contributed by atoms with E-state index in [9.17, 15) is 17.4 Å². The largest absolute Gasteiger partial charge is 0.609 e. The fourth-order valence-electron chi connectivity index (χ4n) is 2.31. The summed E-state index contributed by atoms with van der Waals surface area (Å²) in [5.41, 5.74) is 0.531. The second-order valence-corrected chi connectivity index (χ2v) is 8.82. The van der Waals surface area contributed by atoms with Gasteiger partial charge in [0.15, 0.2) is 0 Å². The molecule has 0 N–H and O–H groups in total. The highest BCUT2D eigenvalue weighted by Gasteiger charge is 2.35. The zero-order chi connectivity index (χ0) is 19.4. The van der Waals surface area contributed by atoms with Crippen LogP contribution in [0.25, 0.3) is 11.5 Å². The first-order valence-corrected chi connectivity index (χ1v) is 10.7. The summed E-state index contributed by atoms with van der Waals surface area (Å²) in [7, 11) is -2.79. The maximum absolute atomic E-state index is 13.5. The molecule has 0 aliphatic heterocycles. The van der Waals surface area contributed by atoms with E-state index < -0.39 is 31.9 Å². The summed E-state index contributed by atoms with van der Waals surface area (Å²) in [6.45, 7) is 0.146. The summed E-state index contributed by atoms with van der Waals surface area (Å²) < 4.78 is 62.5. The van der Waals surface area contributed by atoms with Gasteiger partial charge in [0.05, 0.1) is 11.5 Å². The normalized spacial score (nSPS) is 12.9. The number of halogens is 1. The van der Waals surface area contributed by atoms with Gasteiger partial charge in [-0.05, 0) is 30.3 Å². The Morgan fingerprint density at radius 1 is 1.19 bits per heavy atom. The van der Waals surface area contributed by atoms with Crippen molar-refractivity contribution in [2.45, 2.75) is 15.0 Å². The molecule has 0 radical (unpaired) electrons. The van der Waals surface area contributed by atoms with Crippen LogP contribution >= 0.6 is 0 Å². The number of aromatic nitrogens is 1. The van der Waals surface area contributed by atoms with E-state index in [1.165, 1.54) is 19.2 Å². The summed E-state index contributed by atoms with van der Waals surface area (Å²) in [6.07, 6.45) is 0. The first-order valence-electron chi connectivity index (χ1n) is 7.87. The number of hydrogen-bond acceptors (Lipinski definition) is 6. The van der Waals surface area contributed by atoms with Gasteiger partial charge in [0.2, 0.25) is 15.7 Å². The van der Waals surface area contributed by atoms with Crippen LogP contribution in [-0.2, 0) is 25.7 Å². The number of hydrogen-bond donors (Lipinski definition) is 0. The molecule has 3 aromatic rings. The molecule has 1 atom stereocenters. The van der Waals surface area contributed by atoms with Gasteiger partial charge in [-0.25, -0.2) is 12.8 Å². The van der Waals surface area contributed by atoms with Crippen LogP contribution in [0.4, 0.5) is 4.39 Å². The van der Waals surface area contributed by atoms with E-state index in [-0.39, 0.29) is 28.2 Å². The molecule has 9 heteroatoms. The van der Waals surface area contributed by atoms with E-state index in [1.807, 2.05) is 0 Å². The Kier molecular flexibility index (Phi) is 5.95. The van der Waals surface area contributed by atoms with E-state index in [0.29, 0.717) is 5.56 Å². The maximum Gasteiger partial charge on any atom is 0.351 e. The topological polar surface area (TPSA) is 92.5 Å². The van der Waals surface area contributed by atoms with Gasteiger partial charge in [-0.3, -0.25) is 0 Å². The van der Waals surface area contributed by atoms with E-state index in [4.69, 9.17) is 9.15 Å². The van der Waals surface area contributed by atoms with Gasteiger partial charge in [0.1, 0.15) is 11.6 Å². The molecule has 142 valence electrons. The van der Waals surface area contributed by atoms with Crippen LogP contribution < -0.4 is 0 Å². The molecule has 0 fully saturated rings. The average Bonchev–Trinajstić information content (AvgIpc) is 3.13. The van der Waals surface area contributed by atoms with Gasteiger partial charge in [0, 0.05) is 23.8 Å². The van der Waals surface area contributed by atoms with E-state index in [1.54, 1.807) is 30.3 Å². The standard InChI is InChI=1S/C18H16FNO5S2/c1-24-10-11-26(21)18-17(20-16(25-18)13-6-3-2-4-7-13)27(22,23)15-9-5-8-14(19)12-15/h2-9,12H,10-11H2,1H3. The van der Waals surface area contributed by atoms with Crippen LogP contribution in [0.1, 0.15) is 0 Å². The lowest BCUT2D eigenvalue weighted by Crippen LogP contribution is -2.15. The third-order valence-electron chi connectivity index (χ3n) is 3.63. The van der Waals surface area contributed by atoms with Gasteiger partial charge in [-0.15, -0.1) is 0 Å². The molecule has 27 heavy (non-hydrogen) atoms. The van der Waals surface area contributed by atoms with E-state index >= 15 is 0 Å². The van der Waals surface area contributed by atoms with Gasteiger partial charge in [-0.1, -0.05) is 24.3 Å². The van der Waals surface area contributed by atoms with Crippen molar-refractivity contribution in [2.75, 3.05) is 19.5 Å². The number of sulfone groups is 1. The zero-order valence-electron chi connectivity index (χ0n) is 14.3. The summed E-state index contributed by atoms with van der Waals surface area (Å²) in [5, 5.41) is -0.767. The summed E-state index contributed by atoms with van der Waals surface area (Å²) in [5.74, 6) is -0.651. The SMILES string of the molecule is COCC[S+]([O-])c1oc(-c2ccccc2)nc1S(=O)(=O)c1cccc(F)c1. The van der Waals surface area contributed by atoms with Crippen molar-refractivity contribution in [1.82, 2.24) is 4.98 Å². The lowest BCUT2D eigenvalue weighted by molar-refractivity contribution is 0.216. The molecule has 0 saturated carbocycles. The Balaban J connectivity index is 2.13. The molecule has 0 aliphatic carbocycles. The Hall–Kier alpha value is -2.20. The molecule has 2 aromatic carbocycles. The zero-order valence-corrected chi connectivity index (χ0v) is 15.9. The molecule has 0 saturated heterocycles. The van der Waals surface area contributed by atoms with Crippen molar-refractivity contribution in [3.05, 3.63) is 60.4 Å². The number of ether oxygens (including phenoxy) is 1. The summed E-state index contributed by atoms with van der Waals surface area (Å²) in [6, 6.07) is 13.2. The third-order valence-corrected chi connectivity index (χ3v) is 6.65. The Labute approximate surface area is 159 Å². The second-order valence-electron chi connectivity index (χ2n) is 5.48. The van der Waals surface area contributed by atoms with E-state index in [2.05, 4.69) is 4.98 Å². The number of methoxy groups -OCH3 is 1. The lowest BCUT2D eigenvalue weighted by Gasteiger charge is -2.08. The van der Waals surface area contributed by atoms with Crippen molar-refractivity contribution in [3.63, 3.8) is 0 Å². The van der Waals surface area contributed by atoms with Crippen LogP contribution in [-0.4, -0.2) is 37.4 Å². The third kappa shape index (κ3) is 4.22. The van der Waals surface area contributed by atoms with Gasteiger partial charge < -0.3 is 13.7 Å². The minimum atomic E-state index is -4.23. The molecule has 0 spiro atoms. The first-order chi connectivity index (χ1) is 12.9. The highest BCUT2D eigenvalue weighted by atomic mass is 32.2. The first kappa shape index (κ1) is 19.6. The fourth-order valence-corrected chi connectivity index (χ4v) is 5.04. The molecule has 1 heterocycles. The van der Waals surface area contributed by atoms with Crippen molar-refractivity contribution < 1.29 is 26.5 Å². The van der Waals surface area contributed by atoms with Gasteiger partial charge >= 0.3 is 5.09 Å². The molecule has 6 nitrogen and oxygen atoms in total. The van der Waals surface area contributed by atoms with Crippen molar-refractivity contribution in [1.29, 1.82) is 0 Å². The van der Waals surface area contributed by atoms with Crippen LogP contribution in [0, 0.1) is 5.82 Å². The predicted octanol–water partition coefficient (Wildman–Crippen LogP) is 3.07. The van der Waals surface area contributed by atoms with Crippen LogP contribution in [0.3, 0.4) is 0 Å². The highest BCUT2D eigenvalue weighted by Crippen LogP contribution is 2.32. The molecule has 0 amide bonds. The number of rotatable bonds is 7. The van der Waals surface area contributed by atoms with Crippen LogP contribution in [0.5, 0.6) is 0 Å². The predicted molar refractivity (Wildman–Crippen MR) is 96.9 cm³/mol. The highest BCUT2D eigenvalue weighted by molar-refractivity contribution is 7.94.